The van der Waals surface area contributed by atoms with Gasteiger partial charge in [-0.2, -0.15) is 0 Å². The van der Waals surface area contributed by atoms with Crippen LogP contribution < -0.4 is 10.6 Å². The van der Waals surface area contributed by atoms with Crippen LogP contribution in [0.4, 0.5) is 4.39 Å². The van der Waals surface area contributed by atoms with Gasteiger partial charge in [-0.1, -0.05) is 21.1 Å². The van der Waals surface area contributed by atoms with Crippen molar-refractivity contribution in [1.29, 1.82) is 0 Å². The zero-order chi connectivity index (χ0) is 16.9. The minimum absolute atomic E-state index is 0.274. The molecule has 0 bridgehead atoms. The first kappa shape index (κ1) is 17.0. The van der Waals surface area contributed by atoms with Crippen LogP contribution in [0.15, 0.2) is 28.9 Å². The minimum atomic E-state index is -0.286. The molecule has 1 aromatic carbocycles. The van der Waals surface area contributed by atoms with Gasteiger partial charge in [-0.25, -0.2) is 9.07 Å². The van der Waals surface area contributed by atoms with Crippen LogP contribution in [0.1, 0.15) is 34.9 Å². The molecule has 0 unspecified atom stereocenters. The molecule has 1 aromatic heterocycles. The van der Waals surface area contributed by atoms with Gasteiger partial charge in [0.2, 0.25) is 0 Å². The fourth-order valence-electron chi connectivity index (χ4n) is 2.77. The van der Waals surface area contributed by atoms with E-state index in [0.717, 1.165) is 30.4 Å². The van der Waals surface area contributed by atoms with E-state index in [1.54, 1.807) is 23.0 Å². The third kappa shape index (κ3) is 4.18. The molecule has 0 radical (unpaired) electrons. The number of carbonyl (C=O) groups is 1. The van der Waals surface area contributed by atoms with E-state index < -0.39 is 0 Å². The monoisotopic (exact) mass is 395 g/mol. The van der Waals surface area contributed by atoms with Crippen molar-refractivity contribution >= 4 is 21.8 Å². The highest BCUT2D eigenvalue weighted by atomic mass is 79.9. The lowest BCUT2D eigenvalue weighted by molar-refractivity contribution is 0.0949. The topological polar surface area (TPSA) is 71.8 Å². The van der Waals surface area contributed by atoms with Gasteiger partial charge < -0.3 is 10.6 Å². The number of hydrogen-bond acceptors (Lipinski definition) is 4. The summed E-state index contributed by atoms with van der Waals surface area (Å²) in [5.74, 6) is -0.560. The molecule has 2 aromatic rings. The predicted octanol–water partition coefficient (Wildman–Crippen LogP) is 2.08. The van der Waals surface area contributed by atoms with Crippen molar-refractivity contribution in [2.24, 2.45) is 0 Å². The molecule has 128 valence electrons. The summed E-state index contributed by atoms with van der Waals surface area (Å²) in [7, 11) is 0. The first-order valence-corrected chi connectivity index (χ1v) is 8.77. The van der Waals surface area contributed by atoms with E-state index in [4.69, 9.17) is 0 Å². The molecular weight excluding hydrogens is 377 g/mol. The Morgan fingerprint density at radius 2 is 2.21 bits per heavy atom. The summed E-state index contributed by atoms with van der Waals surface area (Å²) in [6.07, 6.45) is 4.06. The van der Waals surface area contributed by atoms with Crippen LogP contribution in [0.2, 0.25) is 0 Å². The van der Waals surface area contributed by atoms with Crippen molar-refractivity contribution in [3.63, 3.8) is 0 Å². The molecule has 1 amide bonds. The number of halogens is 2. The van der Waals surface area contributed by atoms with E-state index in [0.29, 0.717) is 24.2 Å². The van der Waals surface area contributed by atoms with E-state index in [1.807, 2.05) is 0 Å². The highest BCUT2D eigenvalue weighted by Crippen LogP contribution is 2.17. The van der Waals surface area contributed by atoms with E-state index in [-0.39, 0.29) is 17.8 Å². The van der Waals surface area contributed by atoms with Crippen LogP contribution in [-0.4, -0.2) is 40.5 Å². The van der Waals surface area contributed by atoms with Gasteiger partial charge in [0.1, 0.15) is 5.82 Å². The summed E-state index contributed by atoms with van der Waals surface area (Å²) in [4.78, 5) is 12.1. The Morgan fingerprint density at radius 3 is 3.00 bits per heavy atom. The molecule has 1 aliphatic rings. The highest BCUT2D eigenvalue weighted by Gasteiger charge is 2.18. The quantitative estimate of drug-likeness (QED) is 0.812. The zero-order valence-electron chi connectivity index (χ0n) is 13.1. The Balaban J connectivity index is 1.53. The Morgan fingerprint density at radius 1 is 1.42 bits per heavy atom. The molecular formula is C16H19BrFN5O. The minimum Gasteiger partial charge on any atom is -0.350 e. The Hall–Kier alpha value is -1.80. The summed E-state index contributed by atoms with van der Waals surface area (Å²) in [6.45, 7) is 2.24. The first-order valence-electron chi connectivity index (χ1n) is 7.98. The Kier molecular flexibility index (Phi) is 5.57. The molecule has 0 saturated carbocycles. The van der Waals surface area contributed by atoms with Crippen molar-refractivity contribution in [2.75, 3.05) is 19.6 Å². The van der Waals surface area contributed by atoms with Crippen molar-refractivity contribution in [1.82, 2.24) is 25.6 Å². The Labute approximate surface area is 147 Å². The van der Waals surface area contributed by atoms with Crippen LogP contribution in [0, 0.1) is 5.82 Å². The van der Waals surface area contributed by atoms with E-state index >= 15 is 0 Å². The summed E-state index contributed by atoms with van der Waals surface area (Å²) in [6, 6.07) is 5.06. The number of piperidine rings is 1. The van der Waals surface area contributed by atoms with Gasteiger partial charge >= 0.3 is 0 Å². The molecule has 1 fully saturated rings. The fourth-order valence-corrected chi connectivity index (χ4v) is 3.18. The summed E-state index contributed by atoms with van der Waals surface area (Å²) in [5, 5.41) is 14.1. The average Bonchev–Trinajstić information content (AvgIpc) is 3.09. The number of amides is 1. The molecule has 0 aliphatic carbocycles. The summed E-state index contributed by atoms with van der Waals surface area (Å²) >= 11 is 3.31. The largest absolute Gasteiger partial charge is 0.350 e. The fraction of sp³-hybridized carbons (Fsp3) is 0.438. The molecule has 0 atom stereocenters. The second-order valence-electron chi connectivity index (χ2n) is 5.81. The molecule has 0 spiro atoms. The predicted molar refractivity (Wildman–Crippen MR) is 91.3 cm³/mol. The van der Waals surface area contributed by atoms with Gasteiger partial charge in [-0.3, -0.25) is 4.79 Å². The van der Waals surface area contributed by atoms with Crippen LogP contribution >= 0.6 is 15.9 Å². The van der Waals surface area contributed by atoms with E-state index in [1.165, 1.54) is 6.07 Å². The number of carbonyl (C=O) groups excluding carboxylic acids is 1. The summed E-state index contributed by atoms with van der Waals surface area (Å²) < 4.78 is 16.2. The van der Waals surface area contributed by atoms with Crippen molar-refractivity contribution in [3.05, 3.63) is 45.9 Å². The van der Waals surface area contributed by atoms with Gasteiger partial charge in [0.15, 0.2) is 5.69 Å². The van der Waals surface area contributed by atoms with Gasteiger partial charge in [0, 0.05) is 11.0 Å². The van der Waals surface area contributed by atoms with Gasteiger partial charge in [0.25, 0.3) is 5.91 Å². The normalized spacial score (nSPS) is 15.4. The maximum absolute atomic E-state index is 13.7. The molecule has 2 N–H and O–H groups in total. The second kappa shape index (κ2) is 7.85. The standard InChI is InChI=1S/C16H19BrFN5O/c17-12-1-2-14(18)11(9-12)3-8-20-16(24)15-10-23(22-21-15)13-4-6-19-7-5-13/h1-2,9-10,13,19H,3-8H2,(H,20,24). The van der Waals surface area contributed by atoms with E-state index in [2.05, 4.69) is 36.9 Å². The first-order chi connectivity index (χ1) is 11.6. The second-order valence-corrected chi connectivity index (χ2v) is 6.72. The highest BCUT2D eigenvalue weighted by molar-refractivity contribution is 9.10. The maximum Gasteiger partial charge on any atom is 0.273 e. The molecule has 6 nitrogen and oxygen atoms in total. The van der Waals surface area contributed by atoms with Crippen molar-refractivity contribution in [2.45, 2.75) is 25.3 Å². The SMILES string of the molecule is O=C(NCCc1cc(Br)ccc1F)c1cn(C2CCNCC2)nn1. The lowest BCUT2D eigenvalue weighted by Gasteiger charge is -2.22. The smallest absolute Gasteiger partial charge is 0.273 e. The molecule has 1 saturated heterocycles. The average molecular weight is 396 g/mol. The van der Waals surface area contributed by atoms with Gasteiger partial charge in [0.05, 0.1) is 12.2 Å². The van der Waals surface area contributed by atoms with E-state index in [9.17, 15) is 9.18 Å². The third-order valence-corrected chi connectivity index (χ3v) is 4.61. The number of rotatable bonds is 5. The van der Waals surface area contributed by atoms with Crippen molar-refractivity contribution < 1.29 is 9.18 Å². The maximum atomic E-state index is 13.7. The number of nitrogens with zero attached hydrogens (tertiary/aromatic N) is 3. The number of hydrogen-bond donors (Lipinski definition) is 2. The van der Waals surface area contributed by atoms with Gasteiger partial charge in [-0.15, -0.1) is 5.10 Å². The molecule has 3 rings (SSSR count). The lowest BCUT2D eigenvalue weighted by Crippen LogP contribution is -2.29. The molecule has 24 heavy (non-hydrogen) atoms. The van der Waals surface area contributed by atoms with Crippen LogP contribution in [0.25, 0.3) is 0 Å². The lowest BCUT2D eigenvalue weighted by atomic mass is 10.1. The Bertz CT molecular complexity index is 714. The van der Waals surface area contributed by atoms with Crippen LogP contribution in [0.5, 0.6) is 0 Å². The van der Waals surface area contributed by atoms with Crippen LogP contribution in [0.3, 0.4) is 0 Å². The molecule has 1 aliphatic heterocycles. The molecule has 8 heteroatoms. The number of aromatic nitrogens is 3. The molecule has 2 heterocycles. The van der Waals surface area contributed by atoms with Crippen molar-refractivity contribution in [3.8, 4) is 0 Å². The van der Waals surface area contributed by atoms with Gasteiger partial charge in [-0.05, 0) is 56.1 Å². The number of benzene rings is 1. The number of nitrogens with one attached hydrogen (secondary N) is 2. The van der Waals surface area contributed by atoms with Crippen LogP contribution in [-0.2, 0) is 6.42 Å². The zero-order valence-corrected chi connectivity index (χ0v) is 14.7. The third-order valence-electron chi connectivity index (χ3n) is 4.11. The summed E-state index contributed by atoms with van der Waals surface area (Å²) in [5.41, 5.74) is 0.853.